The zero-order valence-electron chi connectivity index (χ0n) is 9.88. The Morgan fingerprint density at radius 2 is 1.94 bits per heavy atom. The van der Waals surface area contributed by atoms with Crippen LogP contribution in [0.1, 0.15) is 32.4 Å². The average molecular weight is 247 g/mol. The van der Waals surface area contributed by atoms with E-state index in [-0.39, 0.29) is 0 Å². The second-order valence-corrected chi connectivity index (χ2v) is 4.26. The van der Waals surface area contributed by atoms with Crippen LogP contribution in [0.25, 0.3) is 0 Å². The van der Waals surface area contributed by atoms with Gasteiger partial charge in [0, 0.05) is 6.54 Å². The maximum atomic E-state index is 12.2. The predicted octanol–water partition coefficient (Wildman–Crippen LogP) is 3.34. The minimum absolute atomic E-state index is 0.377. The van der Waals surface area contributed by atoms with Crippen LogP contribution in [0, 0.1) is 5.92 Å². The summed E-state index contributed by atoms with van der Waals surface area (Å²) in [5.74, 6) is 0.997. The van der Waals surface area contributed by atoms with E-state index in [9.17, 15) is 13.2 Å². The number of anilines is 1. The summed E-state index contributed by atoms with van der Waals surface area (Å²) in [6, 6.07) is 2.23. The SMILES string of the molecule is CC(C)CCCNc1ccc(C(F)(F)F)nn1. The number of rotatable bonds is 5. The summed E-state index contributed by atoms with van der Waals surface area (Å²) in [4.78, 5) is 0. The van der Waals surface area contributed by atoms with Crippen LogP contribution < -0.4 is 5.32 Å². The van der Waals surface area contributed by atoms with Crippen molar-refractivity contribution in [3.8, 4) is 0 Å². The average Bonchev–Trinajstić information content (AvgIpc) is 2.23. The van der Waals surface area contributed by atoms with Gasteiger partial charge in [-0.25, -0.2) is 0 Å². The highest BCUT2D eigenvalue weighted by molar-refractivity contribution is 5.33. The molecule has 0 spiro atoms. The molecule has 1 aromatic rings. The molecule has 0 saturated carbocycles. The topological polar surface area (TPSA) is 37.8 Å². The van der Waals surface area contributed by atoms with E-state index < -0.39 is 11.9 Å². The molecule has 0 aliphatic rings. The fourth-order valence-electron chi connectivity index (χ4n) is 1.30. The highest BCUT2D eigenvalue weighted by Gasteiger charge is 2.32. The molecule has 96 valence electrons. The van der Waals surface area contributed by atoms with E-state index in [1.807, 2.05) is 0 Å². The van der Waals surface area contributed by atoms with Gasteiger partial charge in [0.25, 0.3) is 0 Å². The molecule has 1 N–H and O–H groups in total. The van der Waals surface area contributed by atoms with Gasteiger partial charge >= 0.3 is 6.18 Å². The minimum Gasteiger partial charge on any atom is -0.369 e. The van der Waals surface area contributed by atoms with Crippen LogP contribution in [0.3, 0.4) is 0 Å². The van der Waals surface area contributed by atoms with Gasteiger partial charge in [0.2, 0.25) is 0 Å². The molecule has 0 aliphatic carbocycles. The Kier molecular flexibility index (Phi) is 4.72. The molecule has 0 bridgehead atoms. The molecule has 0 radical (unpaired) electrons. The normalized spacial score (nSPS) is 11.9. The van der Waals surface area contributed by atoms with Crippen LogP contribution in [0.4, 0.5) is 19.0 Å². The number of halogens is 3. The first-order valence-electron chi connectivity index (χ1n) is 5.54. The summed E-state index contributed by atoms with van der Waals surface area (Å²) in [6.07, 6.45) is -2.40. The van der Waals surface area contributed by atoms with Crippen LogP contribution in [-0.4, -0.2) is 16.7 Å². The monoisotopic (exact) mass is 247 g/mol. The molecule has 0 aromatic carbocycles. The van der Waals surface area contributed by atoms with Crippen LogP contribution >= 0.6 is 0 Å². The predicted molar refractivity (Wildman–Crippen MR) is 59.6 cm³/mol. The van der Waals surface area contributed by atoms with E-state index in [0.29, 0.717) is 18.3 Å². The number of hydrogen-bond acceptors (Lipinski definition) is 3. The van der Waals surface area contributed by atoms with Gasteiger partial charge in [-0.15, -0.1) is 10.2 Å². The fraction of sp³-hybridized carbons (Fsp3) is 0.636. The van der Waals surface area contributed by atoms with E-state index in [0.717, 1.165) is 18.9 Å². The largest absolute Gasteiger partial charge is 0.435 e. The first kappa shape index (κ1) is 13.7. The molecule has 6 heteroatoms. The third kappa shape index (κ3) is 5.01. The zero-order chi connectivity index (χ0) is 12.9. The number of nitrogens with zero attached hydrogens (tertiary/aromatic N) is 2. The van der Waals surface area contributed by atoms with E-state index in [4.69, 9.17) is 0 Å². The van der Waals surface area contributed by atoms with Gasteiger partial charge in [0.15, 0.2) is 5.69 Å². The van der Waals surface area contributed by atoms with Crippen molar-refractivity contribution in [1.82, 2.24) is 10.2 Å². The smallest absolute Gasteiger partial charge is 0.369 e. The van der Waals surface area contributed by atoms with Gasteiger partial charge in [-0.2, -0.15) is 13.2 Å². The fourth-order valence-corrected chi connectivity index (χ4v) is 1.30. The first-order chi connectivity index (χ1) is 7.89. The minimum atomic E-state index is -4.43. The Hall–Kier alpha value is -1.33. The second kappa shape index (κ2) is 5.84. The third-order valence-corrected chi connectivity index (χ3v) is 2.22. The first-order valence-corrected chi connectivity index (χ1v) is 5.54. The second-order valence-electron chi connectivity index (χ2n) is 4.26. The third-order valence-electron chi connectivity index (χ3n) is 2.22. The van der Waals surface area contributed by atoms with Gasteiger partial charge < -0.3 is 5.32 Å². The van der Waals surface area contributed by atoms with Crippen LogP contribution in [0.2, 0.25) is 0 Å². The van der Waals surface area contributed by atoms with Crippen molar-refractivity contribution in [2.45, 2.75) is 32.9 Å². The van der Waals surface area contributed by atoms with Crippen molar-refractivity contribution in [3.63, 3.8) is 0 Å². The van der Waals surface area contributed by atoms with Crippen molar-refractivity contribution in [2.75, 3.05) is 11.9 Å². The molecule has 1 heterocycles. The van der Waals surface area contributed by atoms with Crippen molar-refractivity contribution >= 4 is 5.82 Å². The molecular weight excluding hydrogens is 231 g/mol. The van der Waals surface area contributed by atoms with Crippen LogP contribution in [0.5, 0.6) is 0 Å². The summed E-state index contributed by atoms with van der Waals surface area (Å²) in [6.45, 7) is 4.94. The Bertz CT molecular complexity index is 333. The van der Waals surface area contributed by atoms with Gasteiger partial charge in [0.1, 0.15) is 5.82 Å². The maximum Gasteiger partial charge on any atom is 0.435 e. The Morgan fingerprint density at radius 3 is 2.41 bits per heavy atom. The molecule has 0 fully saturated rings. The lowest BCUT2D eigenvalue weighted by Gasteiger charge is -2.08. The van der Waals surface area contributed by atoms with Crippen molar-refractivity contribution in [1.29, 1.82) is 0 Å². The summed E-state index contributed by atoms with van der Waals surface area (Å²) >= 11 is 0. The quantitative estimate of drug-likeness (QED) is 0.811. The Morgan fingerprint density at radius 1 is 1.24 bits per heavy atom. The van der Waals surface area contributed by atoms with Gasteiger partial charge in [-0.05, 0) is 30.9 Å². The molecule has 0 amide bonds. The molecule has 1 rings (SSSR count). The van der Waals surface area contributed by atoms with Crippen molar-refractivity contribution in [3.05, 3.63) is 17.8 Å². The molecule has 0 atom stereocenters. The number of nitrogens with one attached hydrogen (secondary N) is 1. The van der Waals surface area contributed by atoms with E-state index in [1.165, 1.54) is 6.07 Å². The number of hydrogen-bond donors (Lipinski definition) is 1. The zero-order valence-corrected chi connectivity index (χ0v) is 9.88. The lowest BCUT2D eigenvalue weighted by molar-refractivity contribution is -0.141. The summed E-state index contributed by atoms with van der Waals surface area (Å²) in [5.41, 5.74) is -0.967. The molecule has 3 nitrogen and oxygen atoms in total. The highest BCUT2D eigenvalue weighted by atomic mass is 19.4. The van der Waals surface area contributed by atoms with E-state index in [1.54, 1.807) is 0 Å². The van der Waals surface area contributed by atoms with Gasteiger partial charge in [0.05, 0.1) is 0 Å². The molecule has 1 aromatic heterocycles. The van der Waals surface area contributed by atoms with Gasteiger partial charge in [-0.3, -0.25) is 0 Å². The summed E-state index contributed by atoms with van der Waals surface area (Å²) < 4.78 is 36.6. The van der Waals surface area contributed by atoms with Crippen LogP contribution in [0.15, 0.2) is 12.1 Å². The van der Waals surface area contributed by atoms with Gasteiger partial charge in [-0.1, -0.05) is 13.8 Å². The molecular formula is C11H16F3N3. The highest BCUT2D eigenvalue weighted by Crippen LogP contribution is 2.26. The standard InChI is InChI=1S/C11H16F3N3/c1-8(2)4-3-7-15-10-6-5-9(16-17-10)11(12,13)14/h5-6,8H,3-4,7H2,1-2H3,(H,15,17). The summed E-state index contributed by atoms with van der Waals surface area (Å²) in [5, 5.41) is 9.54. The molecule has 0 aliphatic heterocycles. The number of alkyl halides is 3. The van der Waals surface area contributed by atoms with E-state index >= 15 is 0 Å². The van der Waals surface area contributed by atoms with E-state index in [2.05, 4.69) is 29.4 Å². The Labute approximate surface area is 98.4 Å². The molecule has 0 unspecified atom stereocenters. The lowest BCUT2D eigenvalue weighted by Crippen LogP contribution is -2.11. The lowest BCUT2D eigenvalue weighted by atomic mass is 10.1. The maximum absolute atomic E-state index is 12.2. The van der Waals surface area contributed by atoms with Crippen LogP contribution in [-0.2, 0) is 6.18 Å². The summed E-state index contributed by atoms with van der Waals surface area (Å²) in [7, 11) is 0. The number of aromatic nitrogens is 2. The molecule has 17 heavy (non-hydrogen) atoms. The Balaban J connectivity index is 2.41. The molecule has 0 saturated heterocycles. The van der Waals surface area contributed by atoms with Crippen molar-refractivity contribution < 1.29 is 13.2 Å². The van der Waals surface area contributed by atoms with Crippen molar-refractivity contribution in [2.24, 2.45) is 5.92 Å².